The number of hydrogen-bond donors (Lipinski definition) is 2. The predicted molar refractivity (Wildman–Crippen MR) is 117 cm³/mol. The largest absolute Gasteiger partial charge is 0.323 e. The Labute approximate surface area is 178 Å². The van der Waals surface area contributed by atoms with Crippen LogP contribution in [0.15, 0.2) is 24.8 Å². The lowest BCUT2D eigenvalue weighted by atomic mass is 9.69. The van der Waals surface area contributed by atoms with Crippen LogP contribution in [0, 0.1) is 5.41 Å². The molecule has 1 fully saturated rings. The molecule has 0 aliphatic heterocycles. The van der Waals surface area contributed by atoms with Crippen molar-refractivity contribution in [2.24, 2.45) is 5.41 Å². The van der Waals surface area contributed by atoms with Crippen LogP contribution in [0.1, 0.15) is 84.7 Å². The van der Waals surface area contributed by atoms with Gasteiger partial charge in [0, 0.05) is 37.3 Å². The summed E-state index contributed by atoms with van der Waals surface area (Å²) in [5, 5.41) is 14.5. The van der Waals surface area contributed by atoms with Crippen LogP contribution in [-0.4, -0.2) is 31.4 Å². The summed E-state index contributed by atoms with van der Waals surface area (Å²) in [5.74, 6) is -0.110. The van der Waals surface area contributed by atoms with E-state index in [0.29, 0.717) is 24.2 Å². The maximum atomic E-state index is 12.8. The molecule has 1 aliphatic carbocycles. The number of nitrogens with zero attached hydrogens (tertiary/aromatic N) is 4. The Morgan fingerprint density at radius 1 is 0.867 bits per heavy atom. The molecule has 30 heavy (non-hydrogen) atoms. The average molecular weight is 415 g/mol. The van der Waals surface area contributed by atoms with Crippen LogP contribution in [0.2, 0.25) is 0 Å². The van der Waals surface area contributed by atoms with Gasteiger partial charge in [-0.15, -0.1) is 0 Å². The van der Waals surface area contributed by atoms with Crippen molar-refractivity contribution >= 4 is 23.2 Å². The number of hydrogen-bond acceptors (Lipinski definition) is 4. The zero-order chi connectivity index (χ0) is 21.7. The Morgan fingerprint density at radius 2 is 1.30 bits per heavy atom. The first-order valence-corrected chi connectivity index (χ1v) is 10.9. The lowest BCUT2D eigenvalue weighted by molar-refractivity contribution is -0.122. The topological polar surface area (TPSA) is 93.8 Å². The minimum absolute atomic E-state index is 0.0550. The van der Waals surface area contributed by atoms with Crippen molar-refractivity contribution in [1.29, 1.82) is 0 Å². The highest BCUT2D eigenvalue weighted by Gasteiger charge is 2.36. The Balaban J connectivity index is 1.62. The number of carbonyl (C=O) groups excluding carboxylic acids is 2. The molecule has 8 nitrogen and oxygen atoms in total. The van der Waals surface area contributed by atoms with Gasteiger partial charge in [-0.3, -0.25) is 19.0 Å². The van der Waals surface area contributed by atoms with Crippen LogP contribution < -0.4 is 10.6 Å². The minimum Gasteiger partial charge on any atom is -0.323 e. The summed E-state index contributed by atoms with van der Waals surface area (Å²) < 4.78 is 3.63. The van der Waals surface area contributed by atoms with E-state index in [1.807, 2.05) is 49.5 Å². The van der Waals surface area contributed by atoms with Gasteiger partial charge in [-0.1, -0.05) is 19.3 Å². The highest BCUT2D eigenvalue weighted by Crippen LogP contribution is 2.42. The molecule has 1 aliphatic rings. The van der Waals surface area contributed by atoms with Gasteiger partial charge < -0.3 is 10.6 Å². The van der Waals surface area contributed by atoms with Gasteiger partial charge in [0.05, 0.1) is 23.8 Å². The molecule has 8 heteroatoms. The van der Waals surface area contributed by atoms with Gasteiger partial charge in [0.25, 0.3) is 0 Å². The average Bonchev–Trinajstić information content (AvgIpc) is 3.31. The lowest BCUT2D eigenvalue weighted by Gasteiger charge is -2.36. The maximum Gasteiger partial charge on any atom is 0.225 e. The van der Waals surface area contributed by atoms with Crippen molar-refractivity contribution in [2.75, 3.05) is 10.6 Å². The van der Waals surface area contributed by atoms with Gasteiger partial charge in [-0.05, 0) is 46.0 Å². The van der Waals surface area contributed by atoms with Crippen LogP contribution in [0.3, 0.4) is 0 Å². The van der Waals surface area contributed by atoms with E-state index in [1.54, 1.807) is 12.4 Å². The molecule has 0 saturated heterocycles. The molecule has 0 unspecified atom stereocenters. The third-order valence-electron chi connectivity index (χ3n) is 5.81. The quantitative estimate of drug-likeness (QED) is 0.663. The fourth-order valence-electron chi connectivity index (χ4n) is 4.18. The number of carbonyl (C=O) groups is 2. The van der Waals surface area contributed by atoms with Gasteiger partial charge in [-0.25, -0.2) is 0 Å². The predicted octanol–water partition coefficient (Wildman–Crippen LogP) is 4.55. The van der Waals surface area contributed by atoms with Crippen molar-refractivity contribution in [2.45, 2.75) is 84.7 Å². The van der Waals surface area contributed by atoms with Crippen molar-refractivity contribution in [3.63, 3.8) is 0 Å². The standard InChI is InChI=1S/C22H34N6O2/c1-16(2)27-14-18(12-23-27)25-20(29)10-22(8-6-5-7-9-22)11-21(30)26-19-13-24-28(15-19)17(3)4/h12-17H,5-11H2,1-4H3,(H,25,29)(H,26,30). The summed E-state index contributed by atoms with van der Waals surface area (Å²) in [7, 11) is 0. The van der Waals surface area contributed by atoms with E-state index >= 15 is 0 Å². The number of nitrogens with one attached hydrogen (secondary N) is 2. The molecule has 2 N–H and O–H groups in total. The van der Waals surface area contributed by atoms with E-state index in [1.165, 1.54) is 0 Å². The first-order chi connectivity index (χ1) is 14.3. The van der Waals surface area contributed by atoms with Crippen molar-refractivity contribution in [3.05, 3.63) is 24.8 Å². The SMILES string of the molecule is CC(C)n1cc(NC(=O)CC2(CC(=O)Nc3cnn(C(C)C)c3)CCCCC2)cn1. The van der Waals surface area contributed by atoms with Gasteiger partial charge in [0.2, 0.25) is 11.8 Å². The molecule has 0 aromatic carbocycles. The summed E-state index contributed by atoms with van der Waals surface area (Å²) in [6.45, 7) is 8.16. The first kappa shape index (κ1) is 22.1. The van der Waals surface area contributed by atoms with E-state index in [0.717, 1.165) is 32.1 Å². The fraction of sp³-hybridized carbons (Fsp3) is 0.636. The van der Waals surface area contributed by atoms with E-state index in [-0.39, 0.29) is 29.3 Å². The third kappa shape index (κ3) is 5.70. The van der Waals surface area contributed by atoms with Crippen LogP contribution in [-0.2, 0) is 9.59 Å². The molecule has 0 bridgehead atoms. The van der Waals surface area contributed by atoms with Crippen LogP contribution >= 0.6 is 0 Å². The lowest BCUT2D eigenvalue weighted by Crippen LogP contribution is -2.34. The second-order valence-electron chi connectivity index (χ2n) is 9.12. The molecule has 2 heterocycles. The molecule has 0 atom stereocenters. The van der Waals surface area contributed by atoms with Crippen LogP contribution in [0.25, 0.3) is 0 Å². The van der Waals surface area contributed by atoms with Crippen molar-refractivity contribution in [3.8, 4) is 0 Å². The monoisotopic (exact) mass is 414 g/mol. The van der Waals surface area contributed by atoms with Gasteiger partial charge in [0.15, 0.2) is 0 Å². The first-order valence-electron chi connectivity index (χ1n) is 10.9. The third-order valence-corrected chi connectivity index (χ3v) is 5.81. The second-order valence-corrected chi connectivity index (χ2v) is 9.12. The highest BCUT2D eigenvalue weighted by molar-refractivity contribution is 5.93. The van der Waals surface area contributed by atoms with Gasteiger partial charge in [-0.2, -0.15) is 10.2 Å². The zero-order valence-corrected chi connectivity index (χ0v) is 18.5. The maximum absolute atomic E-state index is 12.8. The van der Waals surface area contributed by atoms with Crippen molar-refractivity contribution in [1.82, 2.24) is 19.6 Å². The summed E-state index contributed by atoms with van der Waals surface area (Å²) >= 11 is 0. The van der Waals surface area contributed by atoms with E-state index < -0.39 is 0 Å². The smallest absolute Gasteiger partial charge is 0.225 e. The Hall–Kier alpha value is -2.64. The molecule has 2 aromatic rings. The summed E-state index contributed by atoms with van der Waals surface area (Å²) in [4.78, 5) is 25.6. The Morgan fingerprint density at radius 3 is 1.67 bits per heavy atom. The molecule has 0 radical (unpaired) electrons. The number of amides is 2. The molecular formula is C22H34N6O2. The van der Waals surface area contributed by atoms with E-state index in [2.05, 4.69) is 20.8 Å². The number of rotatable bonds is 8. The van der Waals surface area contributed by atoms with Crippen LogP contribution in [0.4, 0.5) is 11.4 Å². The van der Waals surface area contributed by atoms with Crippen molar-refractivity contribution < 1.29 is 9.59 Å². The normalized spacial score (nSPS) is 16.1. The molecule has 0 spiro atoms. The number of aromatic nitrogens is 4. The zero-order valence-electron chi connectivity index (χ0n) is 18.5. The summed E-state index contributed by atoms with van der Waals surface area (Å²) in [5.41, 5.74) is 1.10. The molecule has 164 valence electrons. The number of anilines is 2. The second kappa shape index (κ2) is 9.45. The molecular weight excluding hydrogens is 380 g/mol. The Bertz CT molecular complexity index is 796. The summed E-state index contributed by atoms with van der Waals surface area (Å²) in [6.07, 6.45) is 12.8. The molecule has 3 rings (SSSR count). The van der Waals surface area contributed by atoms with Gasteiger partial charge >= 0.3 is 0 Å². The van der Waals surface area contributed by atoms with E-state index in [4.69, 9.17) is 0 Å². The molecule has 2 aromatic heterocycles. The minimum atomic E-state index is -0.297. The molecule has 2 amide bonds. The fourth-order valence-corrected chi connectivity index (χ4v) is 4.18. The summed E-state index contributed by atoms with van der Waals surface area (Å²) in [6, 6.07) is 0.480. The van der Waals surface area contributed by atoms with Crippen LogP contribution in [0.5, 0.6) is 0 Å². The van der Waals surface area contributed by atoms with E-state index in [9.17, 15) is 9.59 Å². The van der Waals surface area contributed by atoms with Gasteiger partial charge in [0.1, 0.15) is 0 Å². The molecule has 1 saturated carbocycles. The Kier molecular flexibility index (Phi) is 6.95. The highest BCUT2D eigenvalue weighted by atomic mass is 16.2.